The predicted molar refractivity (Wildman–Crippen MR) is 75.2 cm³/mol. The lowest BCUT2D eigenvalue weighted by Gasteiger charge is -2.31. The quantitative estimate of drug-likeness (QED) is 0.624. The first-order chi connectivity index (χ1) is 10.2. The molecule has 7 heteroatoms. The van der Waals surface area contributed by atoms with Gasteiger partial charge in [0.1, 0.15) is 12.3 Å². The zero-order valence-corrected chi connectivity index (χ0v) is 11.9. The molecule has 2 atom stereocenters. The molecule has 114 valence electrons. The standard InChI is InChI=1S/C14H20N4O3/c1-2-3-8-21-14(20)15-12-6-4-5-7-13(12)18-9-11(10-19)16-17-18/h1,9,12-13,19H,3-8,10H2,(H,15,20)/t12-,13+/m0/s1. The number of nitrogens with zero attached hydrogens (tertiary/aromatic N) is 3. The molecule has 0 bridgehead atoms. The van der Waals surface area contributed by atoms with E-state index in [0.29, 0.717) is 12.1 Å². The highest BCUT2D eigenvalue weighted by atomic mass is 16.5. The fraction of sp³-hybridized carbons (Fsp3) is 0.643. The number of nitrogens with one attached hydrogen (secondary N) is 1. The summed E-state index contributed by atoms with van der Waals surface area (Å²) in [6.45, 7) is 0.0800. The minimum atomic E-state index is -0.454. The summed E-state index contributed by atoms with van der Waals surface area (Å²) >= 11 is 0. The Balaban J connectivity index is 1.95. The second kappa shape index (κ2) is 7.64. The van der Waals surface area contributed by atoms with E-state index in [0.717, 1.165) is 25.7 Å². The molecule has 0 unspecified atom stereocenters. The van der Waals surface area contributed by atoms with Crippen molar-refractivity contribution < 1.29 is 14.6 Å². The highest BCUT2D eigenvalue weighted by molar-refractivity contribution is 5.67. The van der Waals surface area contributed by atoms with Crippen LogP contribution in [0.4, 0.5) is 4.79 Å². The van der Waals surface area contributed by atoms with Crippen LogP contribution in [0.5, 0.6) is 0 Å². The Hall–Kier alpha value is -2.07. The molecule has 2 N–H and O–H groups in total. The number of amides is 1. The van der Waals surface area contributed by atoms with Gasteiger partial charge in [0.2, 0.25) is 0 Å². The van der Waals surface area contributed by atoms with Gasteiger partial charge in [-0.1, -0.05) is 18.1 Å². The van der Waals surface area contributed by atoms with Crippen LogP contribution in [-0.2, 0) is 11.3 Å². The van der Waals surface area contributed by atoms with Crippen LogP contribution in [0.25, 0.3) is 0 Å². The van der Waals surface area contributed by atoms with Crippen LogP contribution >= 0.6 is 0 Å². The van der Waals surface area contributed by atoms with Crippen molar-refractivity contribution in [2.24, 2.45) is 0 Å². The largest absolute Gasteiger partial charge is 0.449 e. The van der Waals surface area contributed by atoms with Crippen LogP contribution in [0.3, 0.4) is 0 Å². The fourth-order valence-electron chi connectivity index (χ4n) is 2.54. The normalized spacial score (nSPS) is 21.5. The zero-order valence-electron chi connectivity index (χ0n) is 11.9. The Morgan fingerprint density at radius 1 is 1.57 bits per heavy atom. The summed E-state index contributed by atoms with van der Waals surface area (Å²) in [4.78, 5) is 11.7. The summed E-state index contributed by atoms with van der Waals surface area (Å²) in [6, 6.07) is -0.0166. The van der Waals surface area contributed by atoms with Crippen molar-refractivity contribution >= 4 is 6.09 Å². The summed E-state index contributed by atoms with van der Waals surface area (Å²) in [5, 5.41) is 19.8. The first kappa shape index (κ1) is 15.3. The summed E-state index contributed by atoms with van der Waals surface area (Å²) in [5.74, 6) is 2.42. The number of aliphatic hydroxyl groups excluding tert-OH is 1. The van der Waals surface area contributed by atoms with Crippen LogP contribution in [0.15, 0.2) is 6.20 Å². The minimum Gasteiger partial charge on any atom is -0.449 e. The lowest BCUT2D eigenvalue weighted by molar-refractivity contribution is 0.134. The smallest absolute Gasteiger partial charge is 0.407 e. The molecule has 21 heavy (non-hydrogen) atoms. The van der Waals surface area contributed by atoms with E-state index < -0.39 is 6.09 Å². The van der Waals surface area contributed by atoms with Crippen LogP contribution in [0, 0.1) is 12.3 Å². The van der Waals surface area contributed by atoms with Crippen molar-refractivity contribution in [1.29, 1.82) is 0 Å². The fourth-order valence-corrected chi connectivity index (χ4v) is 2.54. The van der Waals surface area contributed by atoms with Gasteiger partial charge in [-0.2, -0.15) is 0 Å². The number of aromatic nitrogens is 3. The SMILES string of the molecule is C#CCCOC(=O)N[C@H]1CCCC[C@H]1n1cc(CO)nn1. The summed E-state index contributed by atoms with van der Waals surface area (Å²) in [7, 11) is 0. The van der Waals surface area contributed by atoms with Crippen LogP contribution in [0.1, 0.15) is 43.8 Å². The van der Waals surface area contributed by atoms with Gasteiger partial charge in [0.05, 0.1) is 24.9 Å². The molecular formula is C14H20N4O3. The summed E-state index contributed by atoms with van der Waals surface area (Å²) in [5.41, 5.74) is 0.524. The molecule has 1 amide bonds. The number of aliphatic hydroxyl groups is 1. The molecule has 7 nitrogen and oxygen atoms in total. The van der Waals surface area contributed by atoms with Crippen molar-refractivity contribution in [3.63, 3.8) is 0 Å². The molecule has 2 rings (SSSR count). The lowest BCUT2D eigenvalue weighted by Crippen LogP contribution is -2.43. The number of rotatable bonds is 5. The Kier molecular flexibility index (Phi) is 5.58. The predicted octanol–water partition coefficient (Wildman–Crippen LogP) is 1.00. The number of terminal acetylenes is 1. The summed E-state index contributed by atoms with van der Waals surface area (Å²) in [6.07, 6.45) is 10.7. The lowest BCUT2D eigenvalue weighted by atomic mass is 9.90. The van der Waals surface area contributed by atoms with E-state index in [1.54, 1.807) is 10.9 Å². The third-order valence-electron chi connectivity index (χ3n) is 3.57. The summed E-state index contributed by atoms with van der Waals surface area (Å²) < 4.78 is 6.74. The molecule has 0 spiro atoms. The molecular weight excluding hydrogens is 272 g/mol. The van der Waals surface area contributed by atoms with Gasteiger partial charge in [-0.25, -0.2) is 9.48 Å². The van der Waals surface area contributed by atoms with Gasteiger partial charge in [0.25, 0.3) is 0 Å². The van der Waals surface area contributed by atoms with E-state index in [2.05, 4.69) is 21.5 Å². The van der Waals surface area contributed by atoms with Gasteiger partial charge < -0.3 is 15.2 Å². The molecule has 1 heterocycles. The number of alkyl carbamates (subject to hydrolysis) is 1. The topological polar surface area (TPSA) is 89.3 Å². The van der Waals surface area contributed by atoms with Crippen molar-refractivity contribution in [2.45, 2.75) is 50.8 Å². The van der Waals surface area contributed by atoms with Gasteiger partial charge in [0.15, 0.2) is 0 Å². The maximum atomic E-state index is 11.7. The third-order valence-corrected chi connectivity index (χ3v) is 3.57. The van der Waals surface area contributed by atoms with Crippen LogP contribution < -0.4 is 5.32 Å². The van der Waals surface area contributed by atoms with Crippen molar-refractivity contribution in [3.8, 4) is 12.3 Å². The molecule has 1 aromatic rings. The van der Waals surface area contributed by atoms with Gasteiger partial charge in [-0.15, -0.1) is 17.4 Å². The molecule has 1 aliphatic rings. The first-order valence-electron chi connectivity index (χ1n) is 7.13. The number of carbonyl (C=O) groups is 1. The molecule has 0 radical (unpaired) electrons. The maximum absolute atomic E-state index is 11.7. The molecule has 1 saturated carbocycles. The monoisotopic (exact) mass is 292 g/mol. The number of hydrogen-bond acceptors (Lipinski definition) is 5. The Bertz CT molecular complexity index is 509. The van der Waals surface area contributed by atoms with Gasteiger partial charge in [-0.3, -0.25) is 0 Å². The van der Waals surface area contributed by atoms with E-state index in [1.807, 2.05) is 0 Å². The highest BCUT2D eigenvalue weighted by Gasteiger charge is 2.29. The molecule has 0 aromatic carbocycles. The Labute approximate surface area is 123 Å². The Morgan fingerprint density at radius 2 is 2.38 bits per heavy atom. The molecule has 1 aliphatic carbocycles. The van der Waals surface area contributed by atoms with E-state index in [4.69, 9.17) is 16.3 Å². The average molecular weight is 292 g/mol. The van der Waals surface area contributed by atoms with Crippen LogP contribution in [-0.4, -0.2) is 38.8 Å². The van der Waals surface area contributed by atoms with E-state index in [-0.39, 0.29) is 25.3 Å². The second-order valence-corrected chi connectivity index (χ2v) is 5.04. The Morgan fingerprint density at radius 3 is 3.10 bits per heavy atom. The average Bonchev–Trinajstić information content (AvgIpc) is 2.97. The maximum Gasteiger partial charge on any atom is 0.407 e. The minimum absolute atomic E-state index is 0.0340. The molecule has 0 aliphatic heterocycles. The van der Waals surface area contributed by atoms with Gasteiger partial charge in [-0.05, 0) is 12.8 Å². The van der Waals surface area contributed by atoms with Crippen molar-refractivity contribution in [2.75, 3.05) is 6.61 Å². The second-order valence-electron chi connectivity index (χ2n) is 5.04. The van der Waals surface area contributed by atoms with Crippen molar-refractivity contribution in [1.82, 2.24) is 20.3 Å². The highest BCUT2D eigenvalue weighted by Crippen LogP contribution is 2.28. The van der Waals surface area contributed by atoms with E-state index >= 15 is 0 Å². The first-order valence-corrected chi connectivity index (χ1v) is 7.13. The van der Waals surface area contributed by atoms with Gasteiger partial charge >= 0.3 is 6.09 Å². The van der Waals surface area contributed by atoms with E-state index in [9.17, 15) is 4.79 Å². The number of carbonyl (C=O) groups excluding carboxylic acids is 1. The number of ether oxygens (including phenoxy) is 1. The van der Waals surface area contributed by atoms with Crippen LogP contribution in [0.2, 0.25) is 0 Å². The van der Waals surface area contributed by atoms with Gasteiger partial charge in [0, 0.05) is 6.42 Å². The van der Waals surface area contributed by atoms with E-state index in [1.165, 1.54) is 0 Å². The number of hydrogen-bond donors (Lipinski definition) is 2. The zero-order chi connectivity index (χ0) is 15.1. The molecule has 1 fully saturated rings. The third kappa shape index (κ3) is 4.20. The molecule has 0 saturated heterocycles. The van der Waals surface area contributed by atoms with Crippen molar-refractivity contribution in [3.05, 3.63) is 11.9 Å². The molecule has 1 aromatic heterocycles.